The van der Waals surface area contributed by atoms with Gasteiger partial charge in [0.2, 0.25) is 0 Å². The highest BCUT2D eigenvalue weighted by Gasteiger charge is 2.08. The third-order valence-electron chi connectivity index (χ3n) is 3.75. The molecule has 0 aliphatic rings. The second-order valence-electron chi connectivity index (χ2n) is 5.90. The summed E-state index contributed by atoms with van der Waals surface area (Å²) in [7, 11) is 1.34. The zero-order valence-electron chi connectivity index (χ0n) is 14.7. The first-order chi connectivity index (χ1) is 12.0. The summed E-state index contributed by atoms with van der Waals surface area (Å²) < 4.78 is 10.2. The molecule has 1 N–H and O–H groups in total. The molecule has 0 saturated carbocycles. The Hall–Kier alpha value is -2.82. The Bertz CT molecular complexity index is 723. The molecule has 5 nitrogen and oxygen atoms in total. The van der Waals surface area contributed by atoms with E-state index in [1.807, 2.05) is 18.2 Å². The van der Waals surface area contributed by atoms with E-state index in [-0.39, 0.29) is 11.9 Å². The van der Waals surface area contributed by atoms with Crippen LogP contribution in [0.3, 0.4) is 0 Å². The van der Waals surface area contributed by atoms with Gasteiger partial charge in [0.1, 0.15) is 12.4 Å². The van der Waals surface area contributed by atoms with Crippen molar-refractivity contribution in [2.24, 2.45) is 0 Å². The van der Waals surface area contributed by atoms with Gasteiger partial charge in [0.05, 0.1) is 19.2 Å². The lowest BCUT2D eigenvalue weighted by Crippen LogP contribution is -2.28. The summed E-state index contributed by atoms with van der Waals surface area (Å²) in [5.74, 6) is 0.502. The van der Waals surface area contributed by atoms with E-state index in [2.05, 4.69) is 23.9 Å². The average molecular weight is 341 g/mol. The van der Waals surface area contributed by atoms with Gasteiger partial charge >= 0.3 is 5.97 Å². The molecule has 0 spiro atoms. The number of rotatable bonds is 7. The third-order valence-corrected chi connectivity index (χ3v) is 3.75. The van der Waals surface area contributed by atoms with E-state index >= 15 is 0 Å². The molecule has 0 heterocycles. The highest BCUT2D eigenvalue weighted by Crippen LogP contribution is 2.15. The van der Waals surface area contributed by atoms with E-state index in [1.54, 1.807) is 30.3 Å². The summed E-state index contributed by atoms with van der Waals surface area (Å²) in [6, 6.07) is 14.3. The minimum atomic E-state index is -0.387. The monoisotopic (exact) mass is 341 g/mol. The van der Waals surface area contributed by atoms with Gasteiger partial charge < -0.3 is 14.8 Å². The van der Waals surface area contributed by atoms with Gasteiger partial charge in [-0.05, 0) is 47.9 Å². The largest absolute Gasteiger partial charge is 0.492 e. The van der Waals surface area contributed by atoms with Crippen molar-refractivity contribution in [1.82, 2.24) is 5.32 Å². The zero-order chi connectivity index (χ0) is 18.2. The first-order valence-electron chi connectivity index (χ1n) is 8.20. The van der Waals surface area contributed by atoms with Crippen LogP contribution in [-0.2, 0) is 4.74 Å². The number of carbonyl (C=O) groups excluding carboxylic acids is 2. The fraction of sp³-hybridized carbons (Fsp3) is 0.300. The molecule has 0 atom stereocenters. The molecule has 2 aromatic carbocycles. The number of nitrogens with one attached hydrogen (secondary N) is 1. The van der Waals surface area contributed by atoms with Crippen LogP contribution >= 0.6 is 0 Å². The second kappa shape index (κ2) is 8.87. The molecule has 1 amide bonds. The molecule has 0 aliphatic heterocycles. The molecule has 0 aliphatic carbocycles. The average Bonchev–Trinajstić information content (AvgIpc) is 2.65. The Balaban J connectivity index is 1.80. The number of methoxy groups -OCH3 is 1. The number of ether oxygens (including phenoxy) is 2. The van der Waals surface area contributed by atoms with Crippen molar-refractivity contribution in [3.05, 3.63) is 65.2 Å². The number of benzene rings is 2. The van der Waals surface area contributed by atoms with Crippen LogP contribution in [0, 0.1) is 0 Å². The predicted octanol–water partition coefficient (Wildman–Crippen LogP) is 3.41. The molecule has 0 saturated heterocycles. The molecule has 2 aromatic rings. The van der Waals surface area contributed by atoms with Crippen molar-refractivity contribution in [3.63, 3.8) is 0 Å². The number of hydrogen-bond donors (Lipinski definition) is 1. The summed E-state index contributed by atoms with van der Waals surface area (Å²) in [4.78, 5) is 23.5. The fourth-order valence-corrected chi connectivity index (χ4v) is 2.28. The molecule has 5 heteroatoms. The van der Waals surface area contributed by atoms with Crippen molar-refractivity contribution in [1.29, 1.82) is 0 Å². The van der Waals surface area contributed by atoms with Crippen molar-refractivity contribution in [2.45, 2.75) is 19.8 Å². The minimum absolute atomic E-state index is 0.118. The summed E-state index contributed by atoms with van der Waals surface area (Å²) in [5.41, 5.74) is 2.25. The maximum Gasteiger partial charge on any atom is 0.337 e. The van der Waals surface area contributed by atoms with E-state index < -0.39 is 0 Å². The molecule has 0 radical (unpaired) electrons. The van der Waals surface area contributed by atoms with E-state index in [1.165, 1.54) is 7.11 Å². The molecular weight excluding hydrogens is 318 g/mol. The Kier molecular flexibility index (Phi) is 6.57. The number of carbonyl (C=O) groups is 2. The van der Waals surface area contributed by atoms with Crippen LogP contribution in [-0.4, -0.2) is 32.1 Å². The van der Waals surface area contributed by atoms with Gasteiger partial charge in [0.25, 0.3) is 5.91 Å². The third kappa shape index (κ3) is 5.35. The Morgan fingerprint density at radius 1 is 1.04 bits per heavy atom. The van der Waals surface area contributed by atoms with E-state index in [9.17, 15) is 9.59 Å². The van der Waals surface area contributed by atoms with Gasteiger partial charge in [-0.15, -0.1) is 0 Å². The molecule has 132 valence electrons. The van der Waals surface area contributed by atoms with E-state index in [0.717, 1.165) is 5.56 Å². The predicted molar refractivity (Wildman–Crippen MR) is 96.1 cm³/mol. The van der Waals surface area contributed by atoms with Crippen molar-refractivity contribution in [2.75, 3.05) is 20.3 Å². The van der Waals surface area contributed by atoms with Crippen LogP contribution in [0.1, 0.15) is 46.0 Å². The van der Waals surface area contributed by atoms with Gasteiger partial charge in [0, 0.05) is 5.56 Å². The summed E-state index contributed by atoms with van der Waals surface area (Å²) in [6.45, 7) is 4.92. The molecule has 0 bridgehead atoms. The van der Waals surface area contributed by atoms with Crippen LogP contribution in [0.4, 0.5) is 0 Å². The van der Waals surface area contributed by atoms with Crippen molar-refractivity contribution in [3.8, 4) is 5.75 Å². The van der Waals surface area contributed by atoms with Crippen molar-refractivity contribution < 1.29 is 19.1 Å². The quantitative estimate of drug-likeness (QED) is 0.619. The lowest BCUT2D eigenvalue weighted by atomic mass is 10.0. The van der Waals surface area contributed by atoms with Crippen LogP contribution in [0.25, 0.3) is 0 Å². The maximum absolute atomic E-state index is 12.2. The molecule has 0 fully saturated rings. The number of esters is 1. The van der Waals surface area contributed by atoms with Crippen LogP contribution in [0.5, 0.6) is 5.75 Å². The maximum atomic E-state index is 12.2. The molecule has 2 rings (SSSR count). The van der Waals surface area contributed by atoms with Gasteiger partial charge in [-0.2, -0.15) is 0 Å². The highest BCUT2D eigenvalue weighted by molar-refractivity contribution is 5.94. The minimum Gasteiger partial charge on any atom is -0.492 e. The fourth-order valence-electron chi connectivity index (χ4n) is 2.28. The van der Waals surface area contributed by atoms with Crippen LogP contribution in [0.2, 0.25) is 0 Å². The summed E-state index contributed by atoms with van der Waals surface area (Å²) in [5, 5.41) is 2.84. The van der Waals surface area contributed by atoms with Gasteiger partial charge in [0.15, 0.2) is 0 Å². The van der Waals surface area contributed by atoms with Gasteiger partial charge in [-0.1, -0.05) is 26.0 Å². The number of amides is 1. The van der Waals surface area contributed by atoms with Gasteiger partial charge in [-0.25, -0.2) is 4.79 Å². The normalized spacial score (nSPS) is 10.4. The van der Waals surface area contributed by atoms with Crippen molar-refractivity contribution >= 4 is 11.9 Å². The van der Waals surface area contributed by atoms with E-state index in [4.69, 9.17) is 4.74 Å². The lowest BCUT2D eigenvalue weighted by molar-refractivity contribution is 0.0600. The van der Waals surface area contributed by atoms with Gasteiger partial charge in [-0.3, -0.25) is 4.79 Å². The Labute approximate surface area is 148 Å². The summed E-state index contributed by atoms with van der Waals surface area (Å²) >= 11 is 0. The van der Waals surface area contributed by atoms with E-state index in [0.29, 0.717) is 35.9 Å². The smallest absolute Gasteiger partial charge is 0.337 e. The first kappa shape index (κ1) is 18.5. The summed E-state index contributed by atoms with van der Waals surface area (Å²) in [6.07, 6.45) is 0. The number of hydrogen-bond acceptors (Lipinski definition) is 4. The molecule has 0 unspecified atom stereocenters. The topological polar surface area (TPSA) is 64.6 Å². The highest BCUT2D eigenvalue weighted by atomic mass is 16.5. The standard InChI is InChI=1S/C20H23NO4/c1-14(2)16-5-4-6-17(13-16)19(22)21-11-12-25-18-9-7-15(8-10-18)20(23)24-3/h4-10,13-14H,11-12H2,1-3H3,(H,21,22). The Morgan fingerprint density at radius 2 is 1.76 bits per heavy atom. The molecular formula is C20H23NO4. The van der Waals surface area contributed by atoms with Crippen LogP contribution in [0.15, 0.2) is 48.5 Å². The molecule has 25 heavy (non-hydrogen) atoms. The zero-order valence-corrected chi connectivity index (χ0v) is 14.7. The lowest BCUT2D eigenvalue weighted by Gasteiger charge is -2.10. The first-order valence-corrected chi connectivity index (χ1v) is 8.20. The Morgan fingerprint density at radius 3 is 2.40 bits per heavy atom. The molecule has 0 aromatic heterocycles. The SMILES string of the molecule is COC(=O)c1ccc(OCCNC(=O)c2cccc(C(C)C)c2)cc1. The second-order valence-corrected chi connectivity index (χ2v) is 5.90. The van der Waals surface area contributed by atoms with Crippen LogP contribution < -0.4 is 10.1 Å².